The summed E-state index contributed by atoms with van der Waals surface area (Å²) in [6, 6.07) is 15.1. The van der Waals surface area contributed by atoms with Crippen molar-refractivity contribution in [2.24, 2.45) is 0 Å². The van der Waals surface area contributed by atoms with Crippen LogP contribution < -0.4 is 9.64 Å². The van der Waals surface area contributed by atoms with Gasteiger partial charge in [-0.05, 0) is 49.9 Å². The van der Waals surface area contributed by atoms with Gasteiger partial charge in [0.25, 0.3) is 11.8 Å². The number of piperazine rings is 1. The fourth-order valence-electron chi connectivity index (χ4n) is 5.15. The highest BCUT2D eigenvalue weighted by Crippen LogP contribution is 2.32. The lowest BCUT2D eigenvalue weighted by molar-refractivity contribution is 0.0469. The lowest BCUT2D eigenvalue weighted by atomic mass is 10.1. The second-order valence-corrected chi connectivity index (χ2v) is 9.20. The van der Waals surface area contributed by atoms with Crippen molar-refractivity contribution >= 4 is 17.5 Å². The fourth-order valence-corrected chi connectivity index (χ4v) is 5.15. The summed E-state index contributed by atoms with van der Waals surface area (Å²) in [5, 5.41) is 10.6. The number of benzene rings is 2. The number of aliphatic hydroxyl groups is 1. The first kappa shape index (κ1) is 21.9. The Kier molecular flexibility index (Phi) is 6.33. The van der Waals surface area contributed by atoms with Crippen molar-refractivity contribution in [3.63, 3.8) is 0 Å². The molecule has 1 aliphatic carbocycles. The molecule has 174 valence electrons. The average molecular weight is 450 g/mol. The zero-order valence-corrected chi connectivity index (χ0v) is 18.9. The monoisotopic (exact) mass is 449 g/mol. The number of rotatable bonds is 7. The van der Waals surface area contributed by atoms with Gasteiger partial charge < -0.3 is 14.7 Å². The highest BCUT2D eigenvalue weighted by molar-refractivity contribution is 6.21. The van der Waals surface area contributed by atoms with Gasteiger partial charge in [0.2, 0.25) is 0 Å². The van der Waals surface area contributed by atoms with E-state index < -0.39 is 6.10 Å². The fraction of sp³-hybridized carbons (Fsp3) is 0.462. The van der Waals surface area contributed by atoms with Gasteiger partial charge in [-0.3, -0.25) is 19.4 Å². The number of hydrogen-bond donors (Lipinski definition) is 1. The summed E-state index contributed by atoms with van der Waals surface area (Å²) in [5.74, 6) is 0.320. The highest BCUT2D eigenvalue weighted by atomic mass is 16.5. The summed E-state index contributed by atoms with van der Waals surface area (Å²) in [7, 11) is 0. The van der Waals surface area contributed by atoms with Gasteiger partial charge >= 0.3 is 0 Å². The van der Waals surface area contributed by atoms with Gasteiger partial charge in [0.05, 0.1) is 35.6 Å². The molecule has 0 radical (unpaired) electrons. The Hall–Kier alpha value is -2.90. The van der Waals surface area contributed by atoms with Crippen LogP contribution in [0.4, 0.5) is 5.69 Å². The number of fused-ring (bicyclic) bond motifs is 1. The van der Waals surface area contributed by atoms with E-state index in [0.29, 0.717) is 23.8 Å². The molecule has 1 saturated carbocycles. The maximum Gasteiger partial charge on any atom is 0.261 e. The predicted octanol–water partition coefficient (Wildman–Crippen LogP) is 2.79. The molecule has 33 heavy (non-hydrogen) atoms. The lowest BCUT2D eigenvalue weighted by Gasteiger charge is -2.38. The topological polar surface area (TPSA) is 73.3 Å². The van der Waals surface area contributed by atoms with Gasteiger partial charge in [0.15, 0.2) is 0 Å². The normalized spacial score (nSPS) is 20.4. The van der Waals surface area contributed by atoms with E-state index in [1.165, 1.54) is 17.7 Å². The van der Waals surface area contributed by atoms with Crippen molar-refractivity contribution < 1.29 is 19.4 Å². The van der Waals surface area contributed by atoms with E-state index in [-0.39, 0.29) is 18.4 Å². The molecule has 7 nitrogen and oxygen atoms in total. The Morgan fingerprint density at radius 1 is 0.848 bits per heavy atom. The minimum Gasteiger partial charge on any atom is -0.488 e. The van der Waals surface area contributed by atoms with E-state index >= 15 is 0 Å². The van der Waals surface area contributed by atoms with Crippen LogP contribution in [-0.2, 0) is 0 Å². The van der Waals surface area contributed by atoms with Crippen molar-refractivity contribution in [3.8, 4) is 5.75 Å². The zero-order chi connectivity index (χ0) is 22.8. The number of hydrogen-bond acceptors (Lipinski definition) is 6. The standard InChI is InChI=1S/C26H31N3O4/c30-19(18-29-25(31)21-9-3-4-10-22(21)26(29)32)17-27-13-15-28(16-14-27)23-11-5-6-12-24(23)33-20-7-1-2-8-20/h3-6,9-12,19-20,30H,1-2,7-8,13-18H2. The number of nitrogens with zero attached hydrogens (tertiary/aromatic N) is 3. The number of β-amino-alcohol motifs (C(OH)–C–C–N with tert-alkyl or cyclic N) is 1. The molecule has 7 heteroatoms. The summed E-state index contributed by atoms with van der Waals surface area (Å²) < 4.78 is 6.31. The molecule has 1 saturated heterocycles. The summed E-state index contributed by atoms with van der Waals surface area (Å²) in [5.41, 5.74) is 1.97. The number of amides is 2. The third-order valence-corrected chi connectivity index (χ3v) is 6.91. The van der Waals surface area contributed by atoms with Crippen molar-refractivity contribution in [1.82, 2.24) is 9.80 Å². The van der Waals surface area contributed by atoms with Gasteiger partial charge in [-0.2, -0.15) is 0 Å². The number of carbonyl (C=O) groups excluding carboxylic acids is 2. The molecule has 2 aromatic carbocycles. The van der Waals surface area contributed by atoms with E-state index in [2.05, 4.69) is 28.0 Å². The minimum atomic E-state index is -0.781. The van der Waals surface area contributed by atoms with Gasteiger partial charge in [-0.25, -0.2) is 0 Å². The average Bonchev–Trinajstić information content (AvgIpc) is 3.43. The molecule has 2 aliphatic heterocycles. The molecule has 1 N–H and O–H groups in total. The molecule has 1 atom stereocenters. The molecule has 0 spiro atoms. The van der Waals surface area contributed by atoms with Crippen molar-refractivity contribution in [3.05, 3.63) is 59.7 Å². The Bertz CT molecular complexity index is 977. The molecule has 0 aromatic heterocycles. The molecule has 2 fully saturated rings. The first-order valence-electron chi connectivity index (χ1n) is 12.0. The van der Waals surface area contributed by atoms with Crippen LogP contribution in [0.3, 0.4) is 0 Å². The smallest absolute Gasteiger partial charge is 0.261 e. The molecular formula is C26H31N3O4. The van der Waals surface area contributed by atoms with Crippen LogP contribution in [0.2, 0.25) is 0 Å². The summed E-state index contributed by atoms with van der Waals surface area (Å²) in [4.78, 5) is 30.8. The van der Waals surface area contributed by atoms with E-state index in [1.54, 1.807) is 24.3 Å². The SMILES string of the molecule is O=C1c2ccccc2C(=O)N1CC(O)CN1CCN(c2ccccc2OC2CCCC2)CC1. The van der Waals surface area contributed by atoms with E-state index in [1.807, 2.05) is 6.07 Å². The van der Waals surface area contributed by atoms with Crippen molar-refractivity contribution in [2.75, 3.05) is 44.2 Å². The summed E-state index contributed by atoms with van der Waals surface area (Å²) >= 11 is 0. The van der Waals surface area contributed by atoms with Gasteiger partial charge in [0, 0.05) is 32.7 Å². The molecule has 2 aromatic rings. The Morgan fingerprint density at radius 2 is 1.45 bits per heavy atom. The number of imide groups is 1. The summed E-state index contributed by atoms with van der Waals surface area (Å²) in [6.07, 6.45) is 4.30. The third-order valence-electron chi connectivity index (χ3n) is 6.91. The van der Waals surface area contributed by atoms with Crippen LogP contribution in [0, 0.1) is 0 Å². The van der Waals surface area contributed by atoms with E-state index in [4.69, 9.17) is 4.74 Å². The van der Waals surface area contributed by atoms with Crippen LogP contribution in [0.5, 0.6) is 5.75 Å². The maximum atomic E-state index is 12.6. The Labute approximate surface area is 194 Å². The number of para-hydroxylation sites is 2. The predicted molar refractivity (Wildman–Crippen MR) is 126 cm³/mol. The van der Waals surface area contributed by atoms with Crippen molar-refractivity contribution in [2.45, 2.75) is 37.9 Å². The largest absolute Gasteiger partial charge is 0.488 e. The first-order chi connectivity index (χ1) is 16.1. The van der Waals surface area contributed by atoms with Crippen LogP contribution in [0.25, 0.3) is 0 Å². The van der Waals surface area contributed by atoms with Crippen LogP contribution in [0.15, 0.2) is 48.5 Å². The van der Waals surface area contributed by atoms with Crippen LogP contribution >= 0.6 is 0 Å². The summed E-state index contributed by atoms with van der Waals surface area (Å²) in [6.45, 7) is 3.73. The maximum absolute atomic E-state index is 12.6. The molecule has 0 bridgehead atoms. The van der Waals surface area contributed by atoms with E-state index in [0.717, 1.165) is 50.5 Å². The number of anilines is 1. The number of carbonyl (C=O) groups is 2. The molecule has 2 amide bonds. The second kappa shape index (κ2) is 9.53. The van der Waals surface area contributed by atoms with Crippen LogP contribution in [-0.4, -0.2) is 78.2 Å². The minimum absolute atomic E-state index is 0.0185. The molecule has 1 unspecified atom stereocenters. The molecule has 3 aliphatic rings. The molecule has 5 rings (SSSR count). The van der Waals surface area contributed by atoms with Crippen LogP contribution in [0.1, 0.15) is 46.4 Å². The molecule has 2 heterocycles. The van der Waals surface area contributed by atoms with Gasteiger partial charge in [0.1, 0.15) is 5.75 Å². The number of aliphatic hydroxyl groups excluding tert-OH is 1. The van der Waals surface area contributed by atoms with E-state index in [9.17, 15) is 14.7 Å². The third kappa shape index (κ3) is 4.61. The first-order valence-corrected chi connectivity index (χ1v) is 12.0. The molecular weight excluding hydrogens is 418 g/mol. The Balaban J connectivity index is 1.14. The van der Waals surface area contributed by atoms with Gasteiger partial charge in [-0.1, -0.05) is 24.3 Å². The quantitative estimate of drug-likeness (QED) is 0.656. The Morgan fingerprint density at radius 3 is 2.12 bits per heavy atom. The number of ether oxygens (including phenoxy) is 1. The lowest BCUT2D eigenvalue weighted by Crippen LogP contribution is -2.50. The van der Waals surface area contributed by atoms with Crippen molar-refractivity contribution in [1.29, 1.82) is 0 Å². The highest BCUT2D eigenvalue weighted by Gasteiger charge is 2.36. The zero-order valence-electron chi connectivity index (χ0n) is 18.9. The van der Waals surface area contributed by atoms with Gasteiger partial charge in [-0.15, -0.1) is 0 Å². The second-order valence-electron chi connectivity index (χ2n) is 9.20.